The second-order valence-corrected chi connectivity index (χ2v) is 6.64. The van der Waals surface area contributed by atoms with Gasteiger partial charge in [0.2, 0.25) is 0 Å². The van der Waals surface area contributed by atoms with Crippen LogP contribution < -0.4 is 25.1 Å². The molecule has 30 heavy (non-hydrogen) atoms. The van der Waals surface area contributed by atoms with Crippen molar-refractivity contribution in [3.05, 3.63) is 64.3 Å². The average molecular weight is 414 g/mol. The molecule has 0 saturated carbocycles. The van der Waals surface area contributed by atoms with Gasteiger partial charge in [-0.1, -0.05) is 12.1 Å². The molecule has 3 rings (SSSR count). The number of aryl methyl sites for hydroxylation is 1. The first-order chi connectivity index (χ1) is 14.4. The van der Waals surface area contributed by atoms with Crippen molar-refractivity contribution in [2.75, 3.05) is 14.2 Å². The van der Waals surface area contributed by atoms with Crippen molar-refractivity contribution in [1.29, 1.82) is 0 Å². The predicted octanol–water partition coefficient (Wildman–Crippen LogP) is 4.03. The first-order valence-electron chi connectivity index (χ1n) is 9.40. The number of halogens is 1. The number of aromatic nitrogens is 1. The number of amides is 1. The number of rotatable bonds is 6. The van der Waals surface area contributed by atoms with Gasteiger partial charge in [0, 0.05) is 11.9 Å². The van der Waals surface area contributed by atoms with Crippen LogP contribution in [0.5, 0.6) is 17.2 Å². The molecule has 1 amide bonds. The maximum atomic E-state index is 13.1. The van der Waals surface area contributed by atoms with E-state index in [4.69, 9.17) is 14.2 Å². The van der Waals surface area contributed by atoms with Crippen molar-refractivity contribution in [3.8, 4) is 17.2 Å². The van der Waals surface area contributed by atoms with Crippen molar-refractivity contribution in [2.45, 2.75) is 26.4 Å². The van der Waals surface area contributed by atoms with E-state index in [-0.39, 0.29) is 17.1 Å². The summed E-state index contributed by atoms with van der Waals surface area (Å²) >= 11 is 0. The zero-order valence-electron chi connectivity index (χ0n) is 17.2. The summed E-state index contributed by atoms with van der Waals surface area (Å²) in [5.74, 6) is 0.655. The van der Waals surface area contributed by atoms with Gasteiger partial charge in [-0.05, 0) is 43.7 Å². The van der Waals surface area contributed by atoms with Crippen LogP contribution in [0.3, 0.4) is 0 Å². The lowest BCUT2D eigenvalue weighted by molar-refractivity contribution is 0.197. The molecule has 2 aromatic carbocycles. The molecule has 1 heterocycles. The molecule has 7 nitrogen and oxygen atoms in total. The molecule has 1 atom stereocenters. The van der Waals surface area contributed by atoms with Gasteiger partial charge in [0.15, 0.2) is 17.2 Å². The Morgan fingerprint density at radius 3 is 2.23 bits per heavy atom. The minimum atomic E-state index is -0.704. The third-order valence-electron chi connectivity index (χ3n) is 4.80. The molecule has 0 aliphatic rings. The summed E-state index contributed by atoms with van der Waals surface area (Å²) in [5, 5.41) is 3.47. The van der Waals surface area contributed by atoms with E-state index in [1.165, 1.54) is 37.1 Å². The molecular formula is C22H23FN2O5. The van der Waals surface area contributed by atoms with Crippen LogP contribution in [0.15, 0.2) is 47.4 Å². The lowest BCUT2D eigenvalue weighted by Crippen LogP contribution is -2.30. The molecule has 8 heteroatoms. The number of nitrogens with one attached hydrogen (secondary N) is 1. The minimum Gasteiger partial charge on any atom is -0.493 e. The summed E-state index contributed by atoms with van der Waals surface area (Å²) in [4.78, 5) is 25.3. The van der Waals surface area contributed by atoms with Crippen LogP contribution >= 0.6 is 0 Å². The van der Waals surface area contributed by atoms with Gasteiger partial charge in [-0.25, -0.2) is 9.18 Å². The number of pyridine rings is 1. The Morgan fingerprint density at radius 2 is 1.67 bits per heavy atom. The maximum absolute atomic E-state index is 13.1. The molecule has 1 N–H and O–H groups in total. The van der Waals surface area contributed by atoms with Crippen LogP contribution in [0.2, 0.25) is 0 Å². The first-order valence-corrected chi connectivity index (χ1v) is 9.40. The third-order valence-corrected chi connectivity index (χ3v) is 4.80. The number of fused-ring (bicyclic) bond motifs is 1. The number of hydrogen-bond acceptors (Lipinski definition) is 5. The molecule has 0 radical (unpaired) electrons. The van der Waals surface area contributed by atoms with Crippen LogP contribution in [-0.2, 0) is 6.54 Å². The molecule has 0 fully saturated rings. The number of nitrogens with zero attached hydrogens (tertiary/aromatic N) is 1. The Balaban J connectivity index is 1.96. The molecule has 158 valence electrons. The lowest BCUT2D eigenvalue weighted by atomic mass is 10.1. The minimum absolute atomic E-state index is 0.205. The monoisotopic (exact) mass is 414 g/mol. The molecular weight excluding hydrogens is 391 g/mol. The van der Waals surface area contributed by atoms with Gasteiger partial charge in [0.25, 0.3) is 5.56 Å². The van der Waals surface area contributed by atoms with Crippen molar-refractivity contribution >= 4 is 16.9 Å². The summed E-state index contributed by atoms with van der Waals surface area (Å²) in [6.07, 6.45) is 0.780. The van der Waals surface area contributed by atoms with Crippen molar-refractivity contribution < 1.29 is 23.4 Å². The Kier molecular flexibility index (Phi) is 6.25. The molecule has 0 spiro atoms. The van der Waals surface area contributed by atoms with Gasteiger partial charge in [-0.2, -0.15) is 0 Å². The fourth-order valence-electron chi connectivity index (χ4n) is 3.14. The topological polar surface area (TPSA) is 78.8 Å². The van der Waals surface area contributed by atoms with Gasteiger partial charge < -0.3 is 24.1 Å². The first kappa shape index (κ1) is 21.2. The number of ether oxygens (including phenoxy) is 3. The Labute approximate surface area is 173 Å². The highest BCUT2D eigenvalue weighted by Crippen LogP contribution is 2.35. The number of hydrogen-bond donors (Lipinski definition) is 1. The highest BCUT2D eigenvalue weighted by Gasteiger charge is 2.18. The van der Waals surface area contributed by atoms with E-state index in [9.17, 15) is 14.0 Å². The molecule has 0 aliphatic heterocycles. The summed E-state index contributed by atoms with van der Waals surface area (Å²) < 4.78 is 30.7. The standard InChI is InChI=1S/C22H23FN2O5/c1-5-25-12-20(16-10-18(28-3)19(29-4)11-17(16)21(25)26)30-22(27)24-13(2)14-6-8-15(23)9-7-14/h6-13H,5H2,1-4H3,(H,24,27). The molecule has 1 unspecified atom stereocenters. The Bertz CT molecular complexity index is 1130. The average Bonchev–Trinajstić information content (AvgIpc) is 2.75. The highest BCUT2D eigenvalue weighted by atomic mass is 19.1. The number of carbonyl (C=O) groups excluding carboxylic acids is 1. The van der Waals surface area contributed by atoms with E-state index < -0.39 is 12.1 Å². The van der Waals surface area contributed by atoms with E-state index in [1.54, 1.807) is 31.2 Å². The van der Waals surface area contributed by atoms with Crippen LogP contribution in [0.1, 0.15) is 25.5 Å². The van der Waals surface area contributed by atoms with Crippen LogP contribution in [0.4, 0.5) is 9.18 Å². The molecule has 0 aliphatic carbocycles. The highest BCUT2D eigenvalue weighted by molar-refractivity contribution is 5.92. The van der Waals surface area contributed by atoms with Gasteiger partial charge in [0.1, 0.15) is 5.82 Å². The maximum Gasteiger partial charge on any atom is 0.413 e. The fraction of sp³-hybridized carbons (Fsp3) is 0.273. The summed E-state index contributed by atoms with van der Waals surface area (Å²) in [6, 6.07) is 8.58. The van der Waals surface area contributed by atoms with Crippen molar-refractivity contribution in [2.24, 2.45) is 0 Å². The summed E-state index contributed by atoms with van der Waals surface area (Å²) in [6.45, 7) is 3.97. The Morgan fingerprint density at radius 1 is 1.07 bits per heavy atom. The summed E-state index contributed by atoms with van der Waals surface area (Å²) in [7, 11) is 2.96. The van der Waals surface area contributed by atoms with Gasteiger partial charge in [-0.3, -0.25) is 4.79 Å². The quantitative estimate of drug-likeness (QED) is 0.659. The van der Waals surface area contributed by atoms with E-state index >= 15 is 0 Å². The number of benzene rings is 2. The normalized spacial score (nSPS) is 11.8. The van der Waals surface area contributed by atoms with Crippen molar-refractivity contribution in [3.63, 3.8) is 0 Å². The lowest BCUT2D eigenvalue weighted by Gasteiger charge is -2.17. The summed E-state index contributed by atoms with van der Waals surface area (Å²) in [5.41, 5.74) is 0.490. The molecule has 0 saturated heterocycles. The fourth-order valence-corrected chi connectivity index (χ4v) is 3.14. The number of carbonyl (C=O) groups is 1. The van der Waals surface area contributed by atoms with E-state index in [0.717, 1.165) is 5.56 Å². The van der Waals surface area contributed by atoms with E-state index in [2.05, 4.69) is 5.32 Å². The van der Waals surface area contributed by atoms with Crippen LogP contribution in [0.25, 0.3) is 10.8 Å². The van der Waals surface area contributed by atoms with Gasteiger partial charge in [0.05, 0.1) is 31.8 Å². The van der Waals surface area contributed by atoms with E-state index in [0.29, 0.717) is 28.8 Å². The molecule has 3 aromatic rings. The van der Waals surface area contributed by atoms with Crippen molar-refractivity contribution in [1.82, 2.24) is 9.88 Å². The molecule has 1 aromatic heterocycles. The van der Waals surface area contributed by atoms with Crippen LogP contribution in [-0.4, -0.2) is 24.9 Å². The predicted molar refractivity (Wildman–Crippen MR) is 111 cm³/mol. The second kappa shape index (κ2) is 8.86. The van der Waals surface area contributed by atoms with Gasteiger partial charge >= 0.3 is 6.09 Å². The second-order valence-electron chi connectivity index (χ2n) is 6.64. The van der Waals surface area contributed by atoms with E-state index in [1.807, 2.05) is 6.92 Å². The Hall–Kier alpha value is -3.55. The molecule has 0 bridgehead atoms. The smallest absolute Gasteiger partial charge is 0.413 e. The van der Waals surface area contributed by atoms with Crippen LogP contribution in [0, 0.1) is 5.82 Å². The third kappa shape index (κ3) is 4.22. The zero-order chi connectivity index (χ0) is 21.8. The SMILES string of the molecule is CCn1cc(OC(=O)NC(C)c2ccc(F)cc2)c2cc(OC)c(OC)cc2c1=O. The largest absolute Gasteiger partial charge is 0.493 e. The number of methoxy groups -OCH3 is 2. The zero-order valence-corrected chi connectivity index (χ0v) is 17.2. The van der Waals surface area contributed by atoms with Gasteiger partial charge in [-0.15, -0.1) is 0 Å².